The Bertz CT molecular complexity index is 729. The van der Waals surface area contributed by atoms with Crippen LogP contribution in [0.3, 0.4) is 0 Å². The number of aromatic nitrogens is 1. The van der Waals surface area contributed by atoms with Crippen molar-refractivity contribution in [1.29, 1.82) is 0 Å². The zero-order valence-corrected chi connectivity index (χ0v) is 16.9. The maximum absolute atomic E-state index is 11.9. The third-order valence-corrected chi connectivity index (χ3v) is 4.95. The summed E-state index contributed by atoms with van der Waals surface area (Å²) in [7, 11) is 0. The molecule has 7 nitrogen and oxygen atoms in total. The monoisotopic (exact) mass is 392 g/mol. The first-order valence-corrected chi connectivity index (χ1v) is 9.87. The van der Waals surface area contributed by atoms with Crippen LogP contribution in [0, 0.1) is 13.8 Å². The average Bonchev–Trinajstić information content (AvgIpc) is 2.98. The molecule has 0 aliphatic heterocycles. The molecule has 1 aromatic carbocycles. The van der Waals surface area contributed by atoms with Crippen molar-refractivity contribution < 1.29 is 14.3 Å². The minimum Gasteiger partial charge on any atom is -0.491 e. The summed E-state index contributed by atoms with van der Waals surface area (Å²) in [5, 5.41) is 7.12. The molecule has 4 N–H and O–H groups in total. The van der Waals surface area contributed by atoms with Gasteiger partial charge in [-0.15, -0.1) is 11.3 Å². The van der Waals surface area contributed by atoms with Crippen molar-refractivity contribution in [2.24, 2.45) is 5.73 Å². The molecule has 0 saturated carbocycles. The molecule has 0 radical (unpaired) electrons. The Balaban J connectivity index is 2.13. The molecule has 0 fully saturated rings. The van der Waals surface area contributed by atoms with Crippen molar-refractivity contribution >= 4 is 28.1 Å². The first-order valence-electron chi connectivity index (χ1n) is 9.05. The van der Waals surface area contributed by atoms with Crippen LogP contribution in [0.25, 0.3) is 0 Å². The van der Waals surface area contributed by atoms with Gasteiger partial charge in [0.2, 0.25) is 5.91 Å². The Morgan fingerprint density at radius 1 is 1.26 bits per heavy atom. The van der Waals surface area contributed by atoms with Gasteiger partial charge in [0.05, 0.1) is 18.9 Å². The van der Waals surface area contributed by atoms with Gasteiger partial charge in [0.1, 0.15) is 12.4 Å². The molecule has 0 bridgehead atoms. The first kappa shape index (κ1) is 21.1. The highest BCUT2D eigenvalue weighted by Crippen LogP contribution is 2.29. The third-order valence-electron chi connectivity index (χ3n) is 3.92. The number of benzene rings is 1. The second kappa shape index (κ2) is 10.9. The summed E-state index contributed by atoms with van der Waals surface area (Å²) in [6.07, 6.45) is 0.412. The molecule has 148 valence electrons. The molecule has 0 unspecified atom stereocenters. The summed E-state index contributed by atoms with van der Waals surface area (Å²) in [5.41, 5.74) is 8.04. The minimum atomic E-state index is -0.0411. The van der Waals surface area contributed by atoms with Crippen LogP contribution in [-0.2, 0) is 16.1 Å². The van der Waals surface area contributed by atoms with Gasteiger partial charge in [0, 0.05) is 35.6 Å². The van der Waals surface area contributed by atoms with Gasteiger partial charge >= 0.3 is 0 Å². The predicted octanol–water partition coefficient (Wildman–Crippen LogP) is 3.07. The Kier molecular flexibility index (Phi) is 8.50. The van der Waals surface area contributed by atoms with Crippen molar-refractivity contribution in [2.75, 3.05) is 37.0 Å². The third kappa shape index (κ3) is 6.50. The zero-order valence-electron chi connectivity index (χ0n) is 16.1. The molecule has 8 heteroatoms. The summed E-state index contributed by atoms with van der Waals surface area (Å²) < 4.78 is 11.2. The number of carbonyl (C=O) groups is 1. The van der Waals surface area contributed by atoms with Crippen LogP contribution in [0.4, 0.5) is 10.8 Å². The van der Waals surface area contributed by atoms with Crippen LogP contribution in [0.5, 0.6) is 5.75 Å². The molecular formula is C19H28N4O3S. The number of hydrogen-bond acceptors (Lipinski definition) is 7. The number of amides is 1. The maximum Gasteiger partial charge on any atom is 0.224 e. The SMILES string of the molecule is CCC(=O)Nc1cccc(OCCOCCN)c1CNc1nc(C)c(C)s1. The molecule has 1 heterocycles. The van der Waals surface area contributed by atoms with Crippen LogP contribution in [-0.4, -0.2) is 37.3 Å². The van der Waals surface area contributed by atoms with E-state index in [9.17, 15) is 4.79 Å². The zero-order chi connectivity index (χ0) is 19.6. The predicted molar refractivity (Wildman–Crippen MR) is 110 cm³/mol. The van der Waals surface area contributed by atoms with E-state index in [2.05, 4.69) is 15.6 Å². The second-order valence-corrected chi connectivity index (χ2v) is 7.15. The van der Waals surface area contributed by atoms with Crippen molar-refractivity contribution in [3.05, 3.63) is 34.3 Å². The number of nitrogens with two attached hydrogens (primary N) is 1. The van der Waals surface area contributed by atoms with Gasteiger partial charge in [-0.05, 0) is 26.0 Å². The van der Waals surface area contributed by atoms with Gasteiger partial charge in [0.25, 0.3) is 0 Å². The highest BCUT2D eigenvalue weighted by atomic mass is 32.1. The molecular weight excluding hydrogens is 364 g/mol. The lowest BCUT2D eigenvalue weighted by molar-refractivity contribution is -0.115. The Labute approximate surface area is 164 Å². The molecule has 27 heavy (non-hydrogen) atoms. The van der Waals surface area contributed by atoms with Crippen LogP contribution in [0.1, 0.15) is 29.5 Å². The summed E-state index contributed by atoms with van der Waals surface area (Å²) >= 11 is 1.61. The Morgan fingerprint density at radius 2 is 2.07 bits per heavy atom. The molecule has 0 saturated heterocycles. The quantitative estimate of drug-likeness (QED) is 0.508. The highest BCUT2D eigenvalue weighted by molar-refractivity contribution is 7.15. The summed E-state index contributed by atoms with van der Waals surface area (Å²) in [6, 6.07) is 5.63. The van der Waals surface area contributed by atoms with Crippen molar-refractivity contribution in [1.82, 2.24) is 4.98 Å². The van der Waals surface area contributed by atoms with E-state index in [0.29, 0.717) is 45.1 Å². The van der Waals surface area contributed by atoms with Crippen molar-refractivity contribution in [2.45, 2.75) is 33.7 Å². The standard InChI is InChI=1S/C19H28N4O3S/c1-4-18(24)23-16-6-5-7-17(26-11-10-25-9-8-20)15(16)12-21-19-22-13(2)14(3)27-19/h5-7H,4,8-12,20H2,1-3H3,(H,21,22)(H,23,24). The lowest BCUT2D eigenvalue weighted by Crippen LogP contribution is -2.16. The molecule has 0 aliphatic rings. The molecule has 1 amide bonds. The number of rotatable bonds is 11. The largest absolute Gasteiger partial charge is 0.491 e. The maximum atomic E-state index is 11.9. The van der Waals surface area contributed by atoms with E-state index in [1.165, 1.54) is 4.88 Å². The van der Waals surface area contributed by atoms with E-state index >= 15 is 0 Å². The number of thiazole rings is 1. The van der Waals surface area contributed by atoms with Crippen molar-refractivity contribution in [3.63, 3.8) is 0 Å². The first-order chi connectivity index (χ1) is 13.0. The number of anilines is 2. The summed E-state index contributed by atoms with van der Waals surface area (Å²) in [6.45, 7) is 8.21. The summed E-state index contributed by atoms with van der Waals surface area (Å²) in [4.78, 5) is 17.6. The molecule has 2 rings (SSSR count). The lowest BCUT2D eigenvalue weighted by atomic mass is 10.1. The fraction of sp³-hybridized carbons (Fsp3) is 0.474. The summed E-state index contributed by atoms with van der Waals surface area (Å²) in [5.74, 6) is 0.665. The van der Waals surface area contributed by atoms with Gasteiger partial charge in [-0.25, -0.2) is 4.98 Å². The molecule has 0 aliphatic carbocycles. The fourth-order valence-electron chi connectivity index (χ4n) is 2.35. The second-order valence-electron chi connectivity index (χ2n) is 5.95. The van der Waals surface area contributed by atoms with Crippen LogP contribution >= 0.6 is 11.3 Å². The fourth-order valence-corrected chi connectivity index (χ4v) is 3.16. The van der Waals surface area contributed by atoms with E-state index in [1.807, 2.05) is 39.0 Å². The normalized spacial score (nSPS) is 10.7. The topological polar surface area (TPSA) is 98.5 Å². The average molecular weight is 393 g/mol. The molecule has 0 spiro atoms. The van der Waals surface area contributed by atoms with Gasteiger partial charge in [-0.3, -0.25) is 4.79 Å². The van der Waals surface area contributed by atoms with Gasteiger partial charge < -0.3 is 25.8 Å². The van der Waals surface area contributed by atoms with E-state index < -0.39 is 0 Å². The Morgan fingerprint density at radius 3 is 2.74 bits per heavy atom. The molecule has 2 aromatic rings. The lowest BCUT2D eigenvalue weighted by Gasteiger charge is -2.16. The minimum absolute atomic E-state index is 0.0411. The van der Waals surface area contributed by atoms with E-state index in [1.54, 1.807) is 11.3 Å². The number of nitrogens with one attached hydrogen (secondary N) is 2. The highest BCUT2D eigenvalue weighted by Gasteiger charge is 2.13. The number of carbonyl (C=O) groups excluding carboxylic acids is 1. The van der Waals surface area contributed by atoms with Crippen molar-refractivity contribution in [3.8, 4) is 5.75 Å². The van der Waals surface area contributed by atoms with Crippen LogP contribution in [0.15, 0.2) is 18.2 Å². The number of nitrogens with zero attached hydrogens (tertiary/aromatic N) is 1. The van der Waals surface area contributed by atoms with Crippen LogP contribution in [0.2, 0.25) is 0 Å². The van der Waals surface area contributed by atoms with E-state index in [0.717, 1.165) is 22.1 Å². The molecule has 1 aromatic heterocycles. The smallest absolute Gasteiger partial charge is 0.224 e. The van der Waals surface area contributed by atoms with Gasteiger partial charge in [-0.2, -0.15) is 0 Å². The number of aryl methyl sites for hydroxylation is 2. The van der Waals surface area contributed by atoms with E-state index in [-0.39, 0.29) is 5.91 Å². The van der Waals surface area contributed by atoms with Gasteiger partial charge in [-0.1, -0.05) is 13.0 Å². The Hall–Kier alpha value is -2.16. The number of ether oxygens (including phenoxy) is 2. The van der Waals surface area contributed by atoms with Crippen LogP contribution < -0.4 is 21.1 Å². The van der Waals surface area contributed by atoms with E-state index in [4.69, 9.17) is 15.2 Å². The molecule has 0 atom stereocenters. The number of hydrogen-bond donors (Lipinski definition) is 3. The van der Waals surface area contributed by atoms with Gasteiger partial charge in [0.15, 0.2) is 5.13 Å².